The van der Waals surface area contributed by atoms with E-state index >= 15 is 0 Å². The van der Waals surface area contributed by atoms with Crippen molar-refractivity contribution in [1.29, 1.82) is 5.26 Å². The SMILES string of the molecule is N#Cc1nccc2c(O[P+](=O)O)cccc12. The molecule has 0 amide bonds. The van der Waals surface area contributed by atoms with Crippen molar-refractivity contribution in [3.63, 3.8) is 0 Å². The summed E-state index contributed by atoms with van der Waals surface area (Å²) in [6, 6.07) is 8.48. The Hall–Kier alpha value is -2.02. The molecule has 0 bridgehead atoms. The first-order chi connectivity index (χ1) is 7.72. The second kappa shape index (κ2) is 4.23. The minimum Gasteiger partial charge on any atom is -0.245 e. The number of benzene rings is 1. The van der Waals surface area contributed by atoms with Crippen molar-refractivity contribution in [2.75, 3.05) is 0 Å². The normalized spacial score (nSPS) is 10.9. The monoisotopic (exact) mass is 233 g/mol. The molecule has 16 heavy (non-hydrogen) atoms. The summed E-state index contributed by atoms with van der Waals surface area (Å²) in [4.78, 5) is 12.6. The number of nitriles is 1. The lowest BCUT2D eigenvalue weighted by Gasteiger charge is -2.00. The first kappa shape index (κ1) is 10.5. The molecule has 0 spiro atoms. The van der Waals surface area contributed by atoms with Crippen molar-refractivity contribution in [2.45, 2.75) is 0 Å². The van der Waals surface area contributed by atoms with Gasteiger partial charge in [-0.15, -0.1) is 4.89 Å². The Labute approximate surface area is 91.9 Å². The van der Waals surface area contributed by atoms with Gasteiger partial charge in [0.1, 0.15) is 11.8 Å². The van der Waals surface area contributed by atoms with Crippen LogP contribution in [0.1, 0.15) is 5.69 Å². The van der Waals surface area contributed by atoms with E-state index in [1.54, 1.807) is 24.3 Å². The number of pyridine rings is 1. The summed E-state index contributed by atoms with van der Waals surface area (Å²) in [6.07, 6.45) is 1.46. The summed E-state index contributed by atoms with van der Waals surface area (Å²) >= 11 is 0. The maximum absolute atomic E-state index is 10.6. The Morgan fingerprint density at radius 1 is 1.38 bits per heavy atom. The maximum Gasteiger partial charge on any atom is 0.747 e. The Kier molecular flexibility index (Phi) is 2.78. The molecule has 0 saturated heterocycles. The molecule has 1 atom stereocenters. The van der Waals surface area contributed by atoms with E-state index in [4.69, 9.17) is 14.7 Å². The summed E-state index contributed by atoms with van der Waals surface area (Å²) in [6.45, 7) is 0. The van der Waals surface area contributed by atoms with Crippen LogP contribution in [0.25, 0.3) is 10.8 Å². The molecule has 0 aliphatic rings. The van der Waals surface area contributed by atoms with Gasteiger partial charge < -0.3 is 0 Å². The van der Waals surface area contributed by atoms with Gasteiger partial charge in [0.2, 0.25) is 0 Å². The lowest BCUT2D eigenvalue weighted by atomic mass is 10.1. The smallest absolute Gasteiger partial charge is 0.245 e. The molecule has 1 unspecified atom stereocenters. The minimum absolute atomic E-state index is 0.260. The van der Waals surface area contributed by atoms with E-state index in [2.05, 4.69) is 4.98 Å². The number of nitrogens with zero attached hydrogens (tertiary/aromatic N) is 2. The zero-order valence-electron chi connectivity index (χ0n) is 7.99. The summed E-state index contributed by atoms with van der Waals surface area (Å²) in [5.74, 6) is 0.264. The van der Waals surface area contributed by atoms with Gasteiger partial charge in [0.15, 0.2) is 5.75 Å². The standard InChI is InChI=1S/C10H5N2O3P/c11-6-9-7-2-1-3-10(15-16(13)14)8(7)4-5-12-9/h1-5H/p+1. The molecule has 0 aliphatic carbocycles. The van der Waals surface area contributed by atoms with Crippen LogP contribution in [0.2, 0.25) is 0 Å². The van der Waals surface area contributed by atoms with E-state index in [1.807, 2.05) is 6.07 Å². The van der Waals surface area contributed by atoms with Crippen molar-refractivity contribution in [1.82, 2.24) is 4.98 Å². The van der Waals surface area contributed by atoms with E-state index in [0.717, 1.165) is 0 Å². The average molecular weight is 233 g/mol. The third kappa shape index (κ3) is 1.84. The van der Waals surface area contributed by atoms with Crippen molar-refractivity contribution in [3.8, 4) is 11.8 Å². The van der Waals surface area contributed by atoms with Gasteiger partial charge in [0.05, 0.1) is 0 Å². The van der Waals surface area contributed by atoms with Gasteiger partial charge in [0.25, 0.3) is 0 Å². The first-order valence-electron chi connectivity index (χ1n) is 4.34. The largest absolute Gasteiger partial charge is 0.747 e. The molecule has 78 valence electrons. The zero-order chi connectivity index (χ0) is 11.5. The van der Waals surface area contributed by atoms with Crippen LogP contribution in [0.5, 0.6) is 5.75 Å². The highest BCUT2D eigenvalue weighted by atomic mass is 31.1. The molecule has 1 heterocycles. The van der Waals surface area contributed by atoms with Crippen LogP contribution in [0.15, 0.2) is 30.5 Å². The summed E-state index contributed by atoms with van der Waals surface area (Å²) in [5.41, 5.74) is 0.260. The Bertz CT molecular complexity index is 607. The second-order valence-electron chi connectivity index (χ2n) is 2.95. The predicted molar refractivity (Wildman–Crippen MR) is 56.9 cm³/mol. The van der Waals surface area contributed by atoms with Crippen molar-refractivity contribution in [3.05, 3.63) is 36.2 Å². The highest BCUT2D eigenvalue weighted by molar-refractivity contribution is 7.32. The molecule has 1 aromatic heterocycles. The topological polar surface area (TPSA) is 83.2 Å². The molecule has 6 heteroatoms. The van der Waals surface area contributed by atoms with Crippen molar-refractivity contribution in [2.24, 2.45) is 0 Å². The molecule has 2 rings (SSSR count). The van der Waals surface area contributed by atoms with Gasteiger partial charge in [-0.25, -0.2) is 9.51 Å². The van der Waals surface area contributed by atoms with E-state index < -0.39 is 8.25 Å². The minimum atomic E-state index is -2.72. The fourth-order valence-electron chi connectivity index (χ4n) is 1.43. The van der Waals surface area contributed by atoms with Gasteiger partial charge in [-0.1, -0.05) is 12.1 Å². The molecular formula is C10H6N2O3P+. The van der Waals surface area contributed by atoms with Crippen LogP contribution in [0.3, 0.4) is 0 Å². The molecule has 1 aromatic carbocycles. The van der Waals surface area contributed by atoms with Crippen molar-refractivity contribution < 1.29 is 14.0 Å². The van der Waals surface area contributed by atoms with Crippen LogP contribution in [-0.2, 0) is 4.57 Å². The molecule has 0 fully saturated rings. The molecule has 0 aliphatic heterocycles. The number of hydrogen-bond acceptors (Lipinski definition) is 4. The highest BCUT2D eigenvalue weighted by Crippen LogP contribution is 2.31. The lowest BCUT2D eigenvalue weighted by molar-refractivity contribution is 0.412. The summed E-state index contributed by atoms with van der Waals surface area (Å²) in [7, 11) is -2.72. The zero-order valence-corrected chi connectivity index (χ0v) is 8.89. The molecule has 1 N–H and O–H groups in total. The number of rotatable bonds is 2. The molecule has 5 nitrogen and oxygen atoms in total. The van der Waals surface area contributed by atoms with E-state index in [-0.39, 0.29) is 11.4 Å². The van der Waals surface area contributed by atoms with E-state index in [9.17, 15) is 4.57 Å². The molecular weight excluding hydrogens is 227 g/mol. The van der Waals surface area contributed by atoms with E-state index in [0.29, 0.717) is 10.8 Å². The molecule has 0 radical (unpaired) electrons. The second-order valence-corrected chi connectivity index (χ2v) is 3.61. The lowest BCUT2D eigenvalue weighted by Crippen LogP contribution is -1.87. The number of aromatic nitrogens is 1. The van der Waals surface area contributed by atoms with Crippen LogP contribution >= 0.6 is 8.25 Å². The third-order valence-electron chi connectivity index (χ3n) is 2.05. The quantitative estimate of drug-likeness (QED) is 0.803. The molecule has 0 saturated carbocycles. The van der Waals surface area contributed by atoms with Gasteiger partial charge in [-0.2, -0.15) is 5.26 Å². The first-order valence-corrected chi connectivity index (χ1v) is 5.47. The van der Waals surface area contributed by atoms with Crippen LogP contribution in [0, 0.1) is 11.3 Å². The van der Waals surface area contributed by atoms with Crippen LogP contribution < -0.4 is 4.52 Å². The van der Waals surface area contributed by atoms with Crippen LogP contribution in [-0.4, -0.2) is 9.88 Å². The number of fused-ring (bicyclic) bond motifs is 1. The van der Waals surface area contributed by atoms with Gasteiger partial charge in [0, 0.05) is 21.5 Å². The Morgan fingerprint density at radius 3 is 2.88 bits per heavy atom. The predicted octanol–water partition coefficient (Wildman–Crippen LogP) is 2.13. The van der Waals surface area contributed by atoms with E-state index in [1.165, 1.54) is 6.20 Å². The average Bonchev–Trinajstić information content (AvgIpc) is 2.28. The highest BCUT2D eigenvalue weighted by Gasteiger charge is 2.17. The maximum atomic E-state index is 10.6. The number of hydrogen-bond donors (Lipinski definition) is 1. The van der Waals surface area contributed by atoms with Gasteiger partial charge in [-0.3, -0.25) is 0 Å². The van der Waals surface area contributed by atoms with Gasteiger partial charge in [-0.05, 0) is 12.1 Å². The Morgan fingerprint density at radius 2 is 2.19 bits per heavy atom. The molecule has 2 aromatic rings. The van der Waals surface area contributed by atoms with Gasteiger partial charge >= 0.3 is 8.25 Å². The third-order valence-corrected chi connectivity index (χ3v) is 2.40. The summed E-state index contributed by atoms with van der Waals surface area (Å²) in [5, 5.41) is 10.0. The fourth-order valence-corrected chi connectivity index (χ4v) is 1.76. The fraction of sp³-hybridized carbons (Fsp3) is 0. The Balaban J connectivity index is 2.70. The summed E-state index contributed by atoms with van der Waals surface area (Å²) < 4.78 is 15.4. The van der Waals surface area contributed by atoms with Crippen molar-refractivity contribution >= 4 is 19.0 Å². The van der Waals surface area contributed by atoms with Crippen LogP contribution in [0.4, 0.5) is 0 Å².